The average Bonchev–Trinajstić information content (AvgIpc) is 3.19. The monoisotopic (exact) mass is 335 g/mol. The first-order valence-corrected chi connectivity index (χ1v) is 9.11. The van der Waals surface area contributed by atoms with E-state index in [9.17, 15) is 8.42 Å². The van der Waals surface area contributed by atoms with E-state index in [0.29, 0.717) is 12.2 Å². The predicted molar refractivity (Wildman–Crippen MR) is 86.9 cm³/mol. The summed E-state index contributed by atoms with van der Waals surface area (Å²) < 4.78 is 35.1. The summed E-state index contributed by atoms with van der Waals surface area (Å²) in [5, 5.41) is 4.22. The smallest absolute Gasteiger partial charge is 0.244 e. The third kappa shape index (κ3) is 2.98. The fraction of sp³-hybridized carbons (Fsp3) is 0.438. The van der Waals surface area contributed by atoms with Crippen LogP contribution in [0, 0.1) is 6.92 Å². The van der Waals surface area contributed by atoms with Crippen LogP contribution in [-0.2, 0) is 22.1 Å². The molecule has 23 heavy (non-hydrogen) atoms. The molecule has 1 fully saturated rings. The van der Waals surface area contributed by atoms with Crippen molar-refractivity contribution >= 4 is 10.0 Å². The number of aromatic nitrogens is 2. The van der Waals surface area contributed by atoms with Gasteiger partial charge in [-0.2, -0.15) is 5.10 Å². The molecule has 1 N–H and O–H groups in total. The molecule has 0 unspecified atom stereocenters. The second kappa shape index (κ2) is 5.65. The van der Waals surface area contributed by atoms with Gasteiger partial charge in [-0.1, -0.05) is 12.1 Å². The Morgan fingerprint density at radius 2 is 1.96 bits per heavy atom. The molecule has 1 aliphatic rings. The summed E-state index contributed by atoms with van der Waals surface area (Å²) in [7, 11) is -1.99. The lowest BCUT2D eigenvalue weighted by Gasteiger charge is -2.18. The molecule has 0 atom stereocenters. The highest BCUT2D eigenvalue weighted by Gasteiger charge is 2.48. The number of rotatable bonds is 6. The van der Waals surface area contributed by atoms with Crippen molar-refractivity contribution in [2.45, 2.75) is 43.7 Å². The van der Waals surface area contributed by atoms with E-state index >= 15 is 0 Å². The summed E-state index contributed by atoms with van der Waals surface area (Å²) >= 11 is 0. The minimum atomic E-state index is -3.60. The van der Waals surface area contributed by atoms with Gasteiger partial charge in [0.25, 0.3) is 0 Å². The maximum Gasteiger partial charge on any atom is 0.244 e. The van der Waals surface area contributed by atoms with Gasteiger partial charge in [0.2, 0.25) is 10.0 Å². The van der Waals surface area contributed by atoms with E-state index in [2.05, 4.69) is 9.82 Å². The lowest BCUT2D eigenvalue weighted by molar-refractivity contribution is 0.414. The van der Waals surface area contributed by atoms with Gasteiger partial charge >= 0.3 is 0 Å². The molecule has 0 bridgehead atoms. The van der Waals surface area contributed by atoms with Gasteiger partial charge in [0.1, 0.15) is 10.6 Å². The second-order valence-corrected chi connectivity index (χ2v) is 7.50. The molecule has 0 amide bonds. The highest BCUT2D eigenvalue weighted by Crippen LogP contribution is 2.47. The molecule has 1 aromatic carbocycles. The highest BCUT2D eigenvalue weighted by molar-refractivity contribution is 7.89. The normalized spacial score (nSPS) is 16.3. The van der Waals surface area contributed by atoms with Crippen molar-refractivity contribution in [3.8, 4) is 5.75 Å². The second-order valence-electron chi connectivity index (χ2n) is 5.85. The zero-order valence-electron chi connectivity index (χ0n) is 13.5. The van der Waals surface area contributed by atoms with Gasteiger partial charge in [0.05, 0.1) is 18.3 Å². The standard InChI is InChI=1S/C16H21N3O3S/c1-4-19-11-15(12(2)17-19)23(20,21)18-16(9-10-16)13-5-7-14(22-3)8-6-13/h5-8,11,18H,4,9-10H2,1-3H3. The van der Waals surface area contributed by atoms with Crippen LogP contribution in [0.4, 0.5) is 0 Å². The Bertz CT molecular complexity index is 806. The fourth-order valence-electron chi connectivity index (χ4n) is 2.72. The molecule has 1 heterocycles. The molecule has 0 aliphatic heterocycles. The van der Waals surface area contributed by atoms with Gasteiger partial charge in [-0.25, -0.2) is 13.1 Å². The number of ether oxygens (including phenoxy) is 1. The van der Waals surface area contributed by atoms with Gasteiger partial charge in [-0.05, 0) is 44.4 Å². The summed E-state index contributed by atoms with van der Waals surface area (Å²) in [6.07, 6.45) is 3.17. The Balaban J connectivity index is 1.88. The SMILES string of the molecule is CCn1cc(S(=O)(=O)NC2(c3ccc(OC)cc3)CC2)c(C)n1. The number of benzene rings is 1. The topological polar surface area (TPSA) is 73.2 Å². The van der Waals surface area contributed by atoms with E-state index in [1.807, 2.05) is 31.2 Å². The number of methoxy groups -OCH3 is 1. The first-order chi connectivity index (χ1) is 10.9. The van der Waals surface area contributed by atoms with E-state index in [4.69, 9.17) is 4.74 Å². The zero-order chi connectivity index (χ0) is 16.7. The third-order valence-electron chi connectivity index (χ3n) is 4.24. The summed E-state index contributed by atoms with van der Waals surface area (Å²) in [4.78, 5) is 0.249. The van der Waals surface area contributed by atoms with Gasteiger partial charge in [-0.3, -0.25) is 4.68 Å². The molecule has 3 rings (SSSR count). The first kappa shape index (κ1) is 16.0. The molecule has 2 aromatic rings. The number of hydrogen-bond donors (Lipinski definition) is 1. The summed E-state index contributed by atoms with van der Waals surface area (Å²) in [6, 6.07) is 7.53. The fourth-order valence-corrected chi connectivity index (χ4v) is 4.36. The predicted octanol–water partition coefficient (Wildman–Crippen LogP) is 2.19. The number of hydrogen-bond acceptors (Lipinski definition) is 4. The molecule has 7 heteroatoms. The van der Waals surface area contributed by atoms with Crippen molar-refractivity contribution in [3.05, 3.63) is 41.7 Å². The Morgan fingerprint density at radius 1 is 1.30 bits per heavy atom. The molecule has 0 radical (unpaired) electrons. The largest absolute Gasteiger partial charge is 0.497 e. The zero-order valence-corrected chi connectivity index (χ0v) is 14.4. The van der Waals surface area contributed by atoms with Crippen LogP contribution in [0.3, 0.4) is 0 Å². The van der Waals surface area contributed by atoms with Crippen LogP contribution in [0.1, 0.15) is 31.0 Å². The summed E-state index contributed by atoms with van der Waals surface area (Å²) in [6.45, 7) is 4.28. The van der Waals surface area contributed by atoms with Crippen LogP contribution in [0.15, 0.2) is 35.4 Å². The van der Waals surface area contributed by atoms with Crippen LogP contribution in [-0.4, -0.2) is 25.3 Å². The summed E-state index contributed by atoms with van der Waals surface area (Å²) in [5.74, 6) is 0.757. The van der Waals surface area contributed by atoms with Crippen LogP contribution < -0.4 is 9.46 Å². The number of sulfonamides is 1. The third-order valence-corrected chi connectivity index (χ3v) is 5.88. The highest BCUT2D eigenvalue weighted by atomic mass is 32.2. The van der Waals surface area contributed by atoms with Crippen molar-refractivity contribution in [2.24, 2.45) is 0 Å². The summed E-state index contributed by atoms with van der Waals surface area (Å²) in [5.41, 5.74) is 0.971. The van der Waals surface area contributed by atoms with Crippen molar-refractivity contribution in [2.75, 3.05) is 7.11 Å². The van der Waals surface area contributed by atoms with Crippen LogP contribution >= 0.6 is 0 Å². The van der Waals surface area contributed by atoms with Crippen molar-refractivity contribution < 1.29 is 13.2 Å². The van der Waals surface area contributed by atoms with Gasteiger partial charge < -0.3 is 4.74 Å². The molecular formula is C16H21N3O3S. The maximum atomic E-state index is 12.7. The lowest BCUT2D eigenvalue weighted by atomic mass is 10.1. The van der Waals surface area contributed by atoms with Crippen LogP contribution in [0.2, 0.25) is 0 Å². The molecular weight excluding hydrogens is 314 g/mol. The van der Waals surface area contributed by atoms with Crippen LogP contribution in [0.25, 0.3) is 0 Å². The Labute approximate surface area is 136 Å². The van der Waals surface area contributed by atoms with Crippen molar-refractivity contribution in [1.29, 1.82) is 0 Å². The van der Waals surface area contributed by atoms with Crippen LogP contribution in [0.5, 0.6) is 5.75 Å². The number of aryl methyl sites for hydroxylation is 2. The maximum absolute atomic E-state index is 12.7. The molecule has 1 aliphatic carbocycles. The number of nitrogens with zero attached hydrogens (tertiary/aromatic N) is 2. The van der Waals surface area contributed by atoms with E-state index in [1.54, 1.807) is 24.9 Å². The molecule has 124 valence electrons. The van der Waals surface area contributed by atoms with Gasteiger partial charge in [0.15, 0.2) is 0 Å². The van der Waals surface area contributed by atoms with E-state index in [0.717, 1.165) is 24.2 Å². The average molecular weight is 335 g/mol. The molecule has 1 aromatic heterocycles. The Morgan fingerprint density at radius 3 is 2.43 bits per heavy atom. The van der Waals surface area contributed by atoms with Crippen molar-refractivity contribution in [1.82, 2.24) is 14.5 Å². The van der Waals surface area contributed by atoms with E-state index < -0.39 is 15.6 Å². The lowest BCUT2D eigenvalue weighted by Crippen LogP contribution is -2.35. The number of nitrogens with one attached hydrogen (secondary N) is 1. The first-order valence-electron chi connectivity index (χ1n) is 7.63. The minimum Gasteiger partial charge on any atom is -0.497 e. The van der Waals surface area contributed by atoms with Gasteiger partial charge in [0, 0.05) is 12.7 Å². The Hall–Kier alpha value is -1.86. The van der Waals surface area contributed by atoms with Gasteiger partial charge in [-0.15, -0.1) is 0 Å². The Kier molecular flexibility index (Phi) is 3.93. The molecule has 0 spiro atoms. The van der Waals surface area contributed by atoms with E-state index in [1.165, 1.54) is 0 Å². The quantitative estimate of drug-likeness (QED) is 0.878. The molecule has 6 nitrogen and oxygen atoms in total. The van der Waals surface area contributed by atoms with Crippen molar-refractivity contribution in [3.63, 3.8) is 0 Å². The minimum absolute atomic E-state index is 0.249. The molecule has 0 saturated heterocycles. The van der Waals surface area contributed by atoms with E-state index in [-0.39, 0.29) is 4.90 Å². The molecule has 1 saturated carbocycles.